The maximum Gasteiger partial charge on any atom is 0.254 e. The number of hydrogen-bond donors (Lipinski definition) is 1. The van der Waals surface area contributed by atoms with Crippen molar-refractivity contribution >= 4 is 17.2 Å². The number of carbonyl (C=O) groups is 1. The normalized spacial score (nSPS) is 18.4. The topological polar surface area (TPSA) is 53.4 Å². The van der Waals surface area contributed by atoms with Crippen LogP contribution in [0.3, 0.4) is 0 Å². The van der Waals surface area contributed by atoms with Gasteiger partial charge in [-0.2, -0.15) is 0 Å². The minimum atomic E-state index is -0.879. The van der Waals surface area contributed by atoms with Gasteiger partial charge in [-0.25, -0.2) is 4.98 Å². The molecule has 1 N–H and O–H groups in total. The highest BCUT2D eigenvalue weighted by Gasteiger charge is 2.38. The summed E-state index contributed by atoms with van der Waals surface area (Å²) in [5.41, 5.74) is 1.64. The molecule has 0 aliphatic carbocycles. The lowest BCUT2D eigenvalue weighted by molar-refractivity contribution is 0.000339. The van der Waals surface area contributed by atoms with Crippen LogP contribution >= 0.6 is 11.3 Å². The third-order valence-corrected chi connectivity index (χ3v) is 5.13. The third kappa shape index (κ3) is 3.31. The van der Waals surface area contributed by atoms with E-state index in [4.69, 9.17) is 0 Å². The van der Waals surface area contributed by atoms with Gasteiger partial charge in [0.15, 0.2) is 0 Å². The van der Waals surface area contributed by atoms with E-state index in [-0.39, 0.29) is 11.9 Å². The summed E-state index contributed by atoms with van der Waals surface area (Å²) in [5, 5.41) is 13.3. The second-order valence-corrected chi connectivity index (χ2v) is 7.71. The van der Waals surface area contributed by atoms with Crippen LogP contribution in [0.25, 0.3) is 11.3 Å². The monoisotopic (exact) mass is 330 g/mol. The molecule has 4 nitrogen and oxygen atoms in total. The molecule has 23 heavy (non-hydrogen) atoms. The highest BCUT2D eigenvalue weighted by atomic mass is 32.1. The minimum absolute atomic E-state index is 0.0107. The number of carbonyl (C=O) groups excluding carboxylic acids is 1. The van der Waals surface area contributed by atoms with E-state index in [1.165, 1.54) is 0 Å². The predicted octanol–water partition coefficient (Wildman–Crippen LogP) is 3.49. The molecule has 1 fully saturated rings. The van der Waals surface area contributed by atoms with E-state index in [0.717, 1.165) is 29.1 Å². The third-order valence-electron chi connectivity index (χ3n) is 4.35. The van der Waals surface area contributed by atoms with Crippen molar-refractivity contribution in [3.8, 4) is 11.3 Å². The summed E-state index contributed by atoms with van der Waals surface area (Å²) in [5.74, 6) is -0.0107. The van der Waals surface area contributed by atoms with Crippen molar-refractivity contribution in [2.75, 3.05) is 6.54 Å². The number of likely N-dealkylation sites (tertiary alicyclic amines) is 1. The van der Waals surface area contributed by atoms with Crippen LogP contribution in [0, 0.1) is 6.92 Å². The second-order valence-electron chi connectivity index (χ2n) is 6.64. The molecule has 1 saturated heterocycles. The van der Waals surface area contributed by atoms with Crippen molar-refractivity contribution in [2.24, 2.45) is 0 Å². The van der Waals surface area contributed by atoms with Gasteiger partial charge in [-0.3, -0.25) is 4.79 Å². The van der Waals surface area contributed by atoms with Gasteiger partial charge in [-0.05, 0) is 45.7 Å². The Morgan fingerprint density at radius 1 is 1.43 bits per heavy atom. The van der Waals surface area contributed by atoms with Crippen LogP contribution in [0.2, 0.25) is 0 Å². The summed E-state index contributed by atoms with van der Waals surface area (Å²) >= 11 is 1.60. The van der Waals surface area contributed by atoms with Crippen molar-refractivity contribution in [3.05, 3.63) is 40.2 Å². The van der Waals surface area contributed by atoms with E-state index in [1.807, 2.05) is 41.5 Å². The first-order valence-corrected chi connectivity index (χ1v) is 8.80. The lowest BCUT2D eigenvalue weighted by Gasteiger charge is -2.33. The van der Waals surface area contributed by atoms with Crippen molar-refractivity contribution in [3.63, 3.8) is 0 Å². The lowest BCUT2D eigenvalue weighted by Crippen LogP contribution is -2.48. The van der Waals surface area contributed by atoms with Gasteiger partial charge < -0.3 is 10.0 Å². The first kappa shape index (κ1) is 16.1. The molecule has 0 spiro atoms. The second kappa shape index (κ2) is 6.06. The smallest absolute Gasteiger partial charge is 0.254 e. The summed E-state index contributed by atoms with van der Waals surface area (Å²) in [6.45, 7) is 6.23. The first-order valence-electron chi connectivity index (χ1n) is 7.92. The molecule has 1 aliphatic heterocycles. The Hall–Kier alpha value is -1.72. The van der Waals surface area contributed by atoms with E-state index in [0.29, 0.717) is 12.1 Å². The van der Waals surface area contributed by atoms with E-state index in [1.54, 1.807) is 25.2 Å². The van der Waals surface area contributed by atoms with Crippen molar-refractivity contribution in [1.29, 1.82) is 0 Å². The number of aromatic nitrogens is 1. The quantitative estimate of drug-likeness (QED) is 0.937. The number of aliphatic hydroxyl groups is 1. The van der Waals surface area contributed by atoms with Crippen LogP contribution in [0.5, 0.6) is 0 Å². The molecule has 122 valence electrons. The SMILES string of the molecule is Cc1nc(-c2cccc(C(=O)N3CCCC3C(C)(C)O)c2)cs1. The molecule has 0 saturated carbocycles. The van der Waals surface area contributed by atoms with E-state index < -0.39 is 5.60 Å². The zero-order valence-corrected chi connectivity index (χ0v) is 14.6. The first-order chi connectivity index (χ1) is 10.9. The zero-order valence-electron chi connectivity index (χ0n) is 13.7. The van der Waals surface area contributed by atoms with Crippen LogP contribution in [0.15, 0.2) is 29.6 Å². The molecule has 3 rings (SSSR count). The maximum atomic E-state index is 12.9. The number of benzene rings is 1. The van der Waals surface area contributed by atoms with E-state index in [2.05, 4.69) is 4.98 Å². The minimum Gasteiger partial charge on any atom is -0.388 e. The Morgan fingerprint density at radius 3 is 2.87 bits per heavy atom. The van der Waals surface area contributed by atoms with Crippen molar-refractivity contribution < 1.29 is 9.90 Å². The highest BCUT2D eigenvalue weighted by Crippen LogP contribution is 2.29. The number of thiazole rings is 1. The van der Waals surface area contributed by atoms with Crippen molar-refractivity contribution in [2.45, 2.75) is 45.3 Å². The van der Waals surface area contributed by atoms with Gasteiger partial charge in [-0.15, -0.1) is 11.3 Å². The molecule has 1 aliphatic rings. The van der Waals surface area contributed by atoms with Crippen LogP contribution in [-0.4, -0.2) is 39.1 Å². The molecule has 1 atom stereocenters. The Bertz CT molecular complexity index is 718. The Kier molecular flexibility index (Phi) is 4.25. The largest absolute Gasteiger partial charge is 0.388 e. The standard InChI is InChI=1S/C18H22N2O2S/c1-12-19-15(11-23-12)13-6-4-7-14(10-13)17(21)20-9-5-8-16(20)18(2,3)22/h4,6-7,10-11,16,22H,5,8-9H2,1-3H3. The van der Waals surface area contributed by atoms with Crippen LogP contribution in [-0.2, 0) is 0 Å². The molecule has 1 unspecified atom stereocenters. The fourth-order valence-corrected chi connectivity index (χ4v) is 3.84. The van der Waals surface area contributed by atoms with Crippen LogP contribution < -0.4 is 0 Å². The molecule has 5 heteroatoms. The molecule has 1 aromatic carbocycles. The molecule has 0 bridgehead atoms. The van der Waals surface area contributed by atoms with Crippen molar-refractivity contribution in [1.82, 2.24) is 9.88 Å². The summed E-state index contributed by atoms with van der Waals surface area (Å²) in [6.07, 6.45) is 1.78. The zero-order chi connectivity index (χ0) is 16.6. The average Bonchev–Trinajstić information content (AvgIpc) is 3.15. The molecular formula is C18H22N2O2S. The Labute approximate surface area is 140 Å². The summed E-state index contributed by atoms with van der Waals surface area (Å²) in [7, 11) is 0. The van der Waals surface area contributed by atoms with E-state index in [9.17, 15) is 9.90 Å². The molecular weight excluding hydrogens is 308 g/mol. The summed E-state index contributed by atoms with van der Waals surface area (Å²) in [6, 6.07) is 7.48. The number of rotatable bonds is 3. The number of aryl methyl sites for hydroxylation is 1. The van der Waals surface area contributed by atoms with Crippen LogP contribution in [0.1, 0.15) is 42.1 Å². The molecule has 2 heterocycles. The van der Waals surface area contributed by atoms with Gasteiger partial charge in [-0.1, -0.05) is 12.1 Å². The fraction of sp³-hybridized carbons (Fsp3) is 0.444. The van der Waals surface area contributed by atoms with Crippen LogP contribution in [0.4, 0.5) is 0 Å². The fourth-order valence-electron chi connectivity index (χ4n) is 3.22. The maximum absolute atomic E-state index is 12.9. The highest BCUT2D eigenvalue weighted by molar-refractivity contribution is 7.09. The number of hydrogen-bond acceptors (Lipinski definition) is 4. The summed E-state index contributed by atoms with van der Waals surface area (Å²) < 4.78 is 0. The van der Waals surface area contributed by atoms with Gasteiger partial charge in [0.25, 0.3) is 5.91 Å². The predicted molar refractivity (Wildman–Crippen MR) is 92.6 cm³/mol. The molecule has 1 aromatic heterocycles. The van der Waals surface area contributed by atoms with Gasteiger partial charge >= 0.3 is 0 Å². The average molecular weight is 330 g/mol. The number of nitrogens with zero attached hydrogens (tertiary/aromatic N) is 2. The van der Waals surface area contributed by atoms with Gasteiger partial charge in [0.1, 0.15) is 0 Å². The Balaban J connectivity index is 1.88. The number of amides is 1. The van der Waals surface area contributed by atoms with Gasteiger partial charge in [0.05, 0.1) is 22.3 Å². The molecule has 0 radical (unpaired) electrons. The van der Waals surface area contributed by atoms with E-state index >= 15 is 0 Å². The lowest BCUT2D eigenvalue weighted by atomic mass is 9.96. The van der Waals surface area contributed by atoms with Gasteiger partial charge in [0.2, 0.25) is 0 Å². The summed E-state index contributed by atoms with van der Waals surface area (Å²) in [4.78, 5) is 19.2. The van der Waals surface area contributed by atoms with Gasteiger partial charge in [0, 0.05) is 23.1 Å². The molecule has 1 amide bonds. The Morgan fingerprint density at radius 2 is 2.22 bits per heavy atom. The molecule has 2 aromatic rings.